The van der Waals surface area contributed by atoms with Crippen LogP contribution in [0.3, 0.4) is 0 Å². The molecule has 6 rings (SSSR count). The molecule has 0 unspecified atom stereocenters. The average Bonchev–Trinajstić information content (AvgIpc) is 3.12. The van der Waals surface area contributed by atoms with Crippen molar-refractivity contribution >= 4 is 11.1 Å². The van der Waals surface area contributed by atoms with E-state index in [1.807, 2.05) is 6.07 Å². The van der Waals surface area contributed by atoms with E-state index in [2.05, 4.69) is 167 Å². The van der Waals surface area contributed by atoms with Crippen LogP contribution in [0.1, 0.15) is 64.0 Å². The molecule has 0 N–H and O–H groups in total. The highest BCUT2D eigenvalue weighted by atomic mass is 14.9. The Hall–Kier alpha value is -5.08. The summed E-state index contributed by atoms with van der Waals surface area (Å²) < 4.78 is 0. The highest BCUT2D eigenvalue weighted by molar-refractivity contribution is 5.76. The highest BCUT2D eigenvalue weighted by Crippen LogP contribution is 2.36. The molecular formula is C44H42N2. The van der Waals surface area contributed by atoms with E-state index in [0.29, 0.717) is 0 Å². The lowest BCUT2D eigenvalue weighted by Crippen LogP contribution is -2.20. The molecule has 2 heteroatoms. The van der Waals surface area contributed by atoms with Gasteiger partial charge in [-0.2, -0.15) is 0 Å². The lowest BCUT2D eigenvalue weighted by molar-refractivity contribution is 0.601. The normalized spacial score (nSPS) is 13.9. The van der Waals surface area contributed by atoms with Gasteiger partial charge in [0.2, 0.25) is 0 Å². The van der Waals surface area contributed by atoms with Gasteiger partial charge in [0.25, 0.3) is 0 Å². The van der Waals surface area contributed by atoms with Gasteiger partial charge in [-0.1, -0.05) is 160 Å². The maximum absolute atomic E-state index is 5.04. The zero-order chi connectivity index (χ0) is 31.9. The van der Waals surface area contributed by atoms with Gasteiger partial charge in [0.15, 0.2) is 5.82 Å². The lowest BCUT2D eigenvalue weighted by Gasteiger charge is -2.28. The number of benzene rings is 4. The third-order valence-electron chi connectivity index (χ3n) is 9.08. The summed E-state index contributed by atoms with van der Waals surface area (Å²) in [5.41, 5.74) is 12.7. The quantitative estimate of drug-likeness (QED) is 0.158. The predicted molar refractivity (Wildman–Crippen MR) is 196 cm³/mol. The van der Waals surface area contributed by atoms with Crippen molar-refractivity contribution < 1.29 is 0 Å². The van der Waals surface area contributed by atoms with Crippen LogP contribution in [0.25, 0.3) is 44.7 Å². The van der Waals surface area contributed by atoms with E-state index in [0.717, 1.165) is 53.2 Å². The Morgan fingerprint density at radius 2 is 1.30 bits per heavy atom. The first-order valence-corrected chi connectivity index (χ1v) is 16.4. The van der Waals surface area contributed by atoms with E-state index in [4.69, 9.17) is 9.97 Å². The number of rotatable bonds is 9. The minimum Gasteiger partial charge on any atom is -0.228 e. The van der Waals surface area contributed by atoms with Crippen molar-refractivity contribution in [3.05, 3.63) is 168 Å². The van der Waals surface area contributed by atoms with Crippen LogP contribution < -0.4 is 0 Å². The Morgan fingerprint density at radius 3 is 1.93 bits per heavy atom. The standard InChI is InChI=1S/C44H42N2/c1-5-39(44(3,4)40-28-25-34(26-29-40)38-23-15-22-37(30-38)33-16-9-6-10-17-33)27-24-32(2)41-31-42(35-18-11-7-12-19-35)46-43(45-41)36-20-13-8-14-21-36/h6-7,9-13,15-31H,5,8,14H2,1-4H3/b32-24+,39-27+. The SMILES string of the molecule is CC/C(=C\C=C(/C)c1cc(-c2ccccc2)nc(C2=CCCC=C2)n1)C(C)(C)c1ccc(-c2cccc(-c3ccccc3)c2)cc1. The minimum atomic E-state index is -0.125. The molecule has 1 aromatic heterocycles. The van der Waals surface area contributed by atoms with Crippen LogP contribution in [0.15, 0.2) is 151 Å². The highest BCUT2D eigenvalue weighted by Gasteiger charge is 2.24. The maximum atomic E-state index is 5.04. The number of nitrogens with zero attached hydrogens (tertiary/aromatic N) is 2. The fraction of sp³-hybridized carbons (Fsp3) is 0.182. The number of hydrogen-bond donors (Lipinski definition) is 0. The van der Waals surface area contributed by atoms with E-state index >= 15 is 0 Å². The molecule has 5 aromatic rings. The molecule has 0 fully saturated rings. The second-order valence-electron chi connectivity index (χ2n) is 12.5. The Balaban J connectivity index is 1.28. The van der Waals surface area contributed by atoms with Crippen LogP contribution in [0.5, 0.6) is 0 Å². The van der Waals surface area contributed by atoms with Crippen molar-refractivity contribution in [2.75, 3.05) is 0 Å². The van der Waals surface area contributed by atoms with E-state index < -0.39 is 0 Å². The topological polar surface area (TPSA) is 25.8 Å². The molecule has 0 aliphatic heterocycles. The Bertz CT molecular complexity index is 1920. The zero-order valence-electron chi connectivity index (χ0n) is 27.4. The molecular weight excluding hydrogens is 556 g/mol. The van der Waals surface area contributed by atoms with Crippen molar-refractivity contribution in [3.8, 4) is 33.5 Å². The molecule has 0 bridgehead atoms. The smallest absolute Gasteiger partial charge is 0.160 e. The van der Waals surface area contributed by atoms with Crippen molar-refractivity contribution in [2.45, 2.75) is 52.4 Å². The van der Waals surface area contributed by atoms with Gasteiger partial charge in [-0.05, 0) is 71.7 Å². The van der Waals surface area contributed by atoms with Crippen LogP contribution in [0.4, 0.5) is 0 Å². The first-order valence-electron chi connectivity index (χ1n) is 16.4. The summed E-state index contributed by atoms with van der Waals surface area (Å²) in [5, 5.41) is 0. The van der Waals surface area contributed by atoms with E-state index in [1.54, 1.807) is 0 Å². The molecule has 1 heterocycles. The van der Waals surface area contributed by atoms with Crippen LogP contribution >= 0.6 is 0 Å². The lowest BCUT2D eigenvalue weighted by atomic mass is 9.76. The minimum absolute atomic E-state index is 0.125. The molecule has 0 saturated carbocycles. The summed E-state index contributed by atoms with van der Waals surface area (Å²) >= 11 is 0. The Labute approximate surface area is 274 Å². The molecule has 1 aliphatic carbocycles. The molecule has 2 nitrogen and oxygen atoms in total. The molecule has 4 aromatic carbocycles. The predicted octanol–water partition coefficient (Wildman–Crippen LogP) is 11.9. The molecule has 0 saturated heterocycles. The number of aromatic nitrogens is 2. The fourth-order valence-corrected chi connectivity index (χ4v) is 6.17. The first-order chi connectivity index (χ1) is 22.4. The summed E-state index contributed by atoms with van der Waals surface area (Å²) in [6.07, 6.45) is 14.2. The summed E-state index contributed by atoms with van der Waals surface area (Å²) in [4.78, 5) is 10.0. The van der Waals surface area contributed by atoms with Gasteiger partial charge in [0.05, 0.1) is 11.4 Å². The third-order valence-corrected chi connectivity index (χ3v) is 9.08. The van der Waals surface area contributed by atoms with Crippen LogP contribution in [0, 0.1) is 0 Å². The fourth-order valence-electron chi connectivity index (χ4n) is 6.17. The van der Waals surface area contributed by atoms with Gasteiger partial charge in [0, 0.05) is 16.6 Å². The molecule has 46 heavy (non-hydrogen) atoms. The summed E-state index contributed by atoms with van der Waals surface area (Å²) in [7, 11) is 0. The summed E-state index contributed by atoms with van der Waals surface area (Å²) in [6.45, 7) is 9.06. The summed E-state index contributed by atoms with van der Waals surface area (Å²) in [5.74, 6) is 0.787. The number of allylic oxidation sites excluding steroid dienone is 8. The Kier molecular flexibility index (Phi) is 9.36. The van der Waals surface area contributed by atoms with E-state index in [-0.39, 0.29) is 5.41 Å². The van der Waals surface area contributed by atoms with E-state index in [1.165, 1.54) is 33.4 Å². The molecule has 0 amide bonds. The Morgan fingerprint density at radius 1 is 0.674 bits per heavy atom. The first kappa shape index (κ1) is 30.9. The van der Waals surface area contributed by atoms with Crippen molar-refractivity contribution in [3.63, 3.8) is 0 Å². The van der Waals surface area contributed by atoms with Gasteiger partial charge in [0.1, 0.15) is 0 Å². The number of hydrogen-bond acceptors (Lipinski definition) is 2. The largest absolute Gasteiger partial charge is 0.228 e. The zero-order valence-corrected chi connectivity index (χ0v) is 27.4. The molecule has 0 spiro atoms. The molecule has 1 aliphatic rings. The maximum Gasteiger partial charge on any atom is 0.160 e. The molecule has 0 radical (unpaired) electrons. The van der Waals surface area contributed by atoms with Crippen LogP contribution in [-0.4, -0.2) is 9.97 Å². The third kappa shape index (κ3) is 6.92. The van der Waals surface area contributed by atoms with Gasteiger partial charge in [-0.3, -0.25) is 0 Å². The van der Waals surface area contributed by atoms with Crippen molar-refractivity contribution in [2.24, 2.45) is 0 Å². The van der Waals surface area contributed by atoms with Gasteiger partial charge in [-0.15, -0.1) is 0 Å². The van der Waals surface area contributed by atoms with Crippen molar-refractivity contribution in [1.82, 2.24) is 9.97 Å². The molecule has 0 atom stereocenters. The van der Waals surface area contributed by atoms with Crippen LogP contribution in [-0.2, 0) is 5.41 Å². The monoisotopic (exact) mass is 598 g/mol. The second kappa shape index (κ2) is 13.9. The van der Waals surface area contributed by atoms with Crippen LogP contribution in [0.2, 0.25) is 0 Å². The second-order valence-corrected chi connectivity index (χ2v) is 12.5. The van der Waals surface area contributed by atoms with E-state index in [9.17, 15) is 0 Å². The van der Waals surface area contributed by atoms with Gasteiger partial charge in [-0.25, -0.2) is 9.97 Å². The van der Waals surface area contributed by atoms with Crippen molar-refractivity contribution in [1.29, 1.82) is 0 Å². The van der Waals surface area contributed by atoms with Gasteiger partial charge >= 0.3 is 0 Å². The average molecular weight is 599 g/mol. The molecule has 228 valence electrons. The van der Waals surface area contributed by atoms with Gasteiger partial charge < -0.3 is 0 Å². The summed E-state index contributed by atoms with van der Waals surface area (Å²) in [6, 6.07) is 41.0.